The van der Waals surface area contributed by atoms with Crippen molar-refractivity contribution < 1.29 is 23.7 Å². The van der Waals surface area contributed by atoms with Crippen molar-refractivity contribution in [3.05, 3.63) is 59.4 Å². The number of rotatable bonds is 7. The Morgan fingerprint density at radius 1 is 1.21 bits per heavy atom. The molecular weight excluding hydrogens is 425 g/mol. The van der Waals surface area contributed by atoms with Gasteiger partial charge in [0.2, 0.25) is 0 Å². The summed E-state index contributed by atoms with van der Waals surface area (Å²) in [6, 6.07) is 14.0. The smallest absolute Gasteiger partial charge is 0.185 e. The van der Waals surface area contributed by atoms with Crippen LogP contribution in [0.25, 0.3) is 0 Å². The molecule has 33 heavy (non-hydrogen) atoms. The lowest BCUT2D eigenvalue weighted by atomic mass is 9.80. The molecule has 8 heteroatoms. The number of anilines is 1. The Morgan fingerprint density at radius 3 is 2.52 bits per heavy atom. The molecule has 7 nitrogen and oxygen atoms in total. The molecule has 0 amide bonds. The number of halogens is 1. The molecule has 0 unspecified atom stereocenters. The van der Waals surface area contributed by atoms with Gasteiger partial charge in [0, 0.05) is 24.2 Å². The van der Waals surface area contributed by atoms with Crippen LogP contribution in [0, 0.1) is 22.6 Å². The maximum absolute atomic E-state index is 14.3. The highest BCUT2D eigenvalue weighted by molar-refractivity contribution is 5.50. The Hall–Kier alpha value is -2.70. The van der Waals surface area contributed by atoms with Crippen molar-refractivity contribution in [2.24, 2.45) is 5.41 Å². The molecule has 2 N–H and O–H groups in total. The fourth-order valence-corrected chi connectivity index (χ4v) is 4.42. The number of ether oxygens (including phenoxy) is 3. The largest absolute Gasteiger partial charge is 0.494 e. The second kappa shape index (κ2) is 10.5. The first-order valence-electron chi connectivity index (χ1n) is 11.2. The average molecular weight is 456 g/mol. The van der Waals surface area contributed by atoms with E-state index in [4.69, 9.17) is 19.5 Å². The van der Waals surface area contributed by atoms with Crippen molar-refractivity contribution in [2.75, 3.05) is 44.9 Å². The molecule has 2 fully saturated rings. The molecule has 0 bridgehead atoms. The fraction of sp³-hybridized carbons (Fsp3) is 0.480. The van der Waals surface area contributed by atoms with Gasteiger partial charge in [-0.1, -0.05) is 6.07 Å². The fourth-order valence-electron chi connectivity index (χ4n) is 4.42. The van der Waals surface area contributed by atoms with Crippen LogP contribution in [0.3, 0.4) is 0 Å². The number of aliphatic hydroxyl groups excluding tert-OH is 1. The van der Waals surface area contributed by atoms with E-state index in [9.17, 15) is 9.50 Å². The Bertz CT molecular complexity index is 963. The van der Waals surface area contributed by atoms with Crippen LogP contribution >= 0.6 is 0 Å². The second-order valence-electron chi connectivity index (χ2n) is 8.82. The summed E-state index contributed by atoms with van der Waals surface area (Å²) in [5.74, 6) is -0.263. The van der Waals surface area contributed by atoms with E-state index in [0.717, 1.165) is 37.2 Å². The number of piperidine rings is 1. The van der Waals surface area contributed by atoms with Crippen LogP contribution in [0.4, 0.5) is 10.1 Å². The van der Waals surface area contributed by atoms with Gasteiger partial charge < -0.3 is 29.5 Å². The molecule has 1 atom stereocenters. The van der Waals surface area contributed by atoms with Gasteiger partial charge in [0.05, 0.1) is 32.0 Å². The number of nitriles is 1. The van der Waals surface area contributed by atoms with E-state index >= 15 is 0 Å². The summed E-state index contributed by atoms with van der Waals surface area (Å²) in [5, 5.41) is 23.4. The summed E-state index contributed by atoms with van der Waals surface area (Å²) >= 11 is 0. The van der Waals surface area contributed by atoms with Crippen LogP contribution in [0.15, 0.2) is 42.5 Å². The number of hydrogen-bond donors (Lipinski definition) is 2. The molecular formula is C25H30FN3O4. The van der Waals surface area contributed by atoms with Crippen LogP contribution in [-0.4, -0.2) is 57.5 Å². The SMILES string of the molecule is COc1ccc(CN(C[C@H](O)C2OCC3(CCNCC3)CO2)c2ccc(C#N)cc2)cc1F. The lowest BCUT2D eigenvalue weighted by Crippen LogP contribution is -2.52. The quantitative estimate of drug-likeness (QED) is 0.664. The molecule has 0 aromatic heterocycles. The molecule has 0 saturated carbocycles. The first-order chi connectivity index (χ1) is 16.0. The molecule has 2 aliphatic heterocycles. The van der Waals surface area contributed by atoms with Gasteiger partial charge in [0.25, 0.3) is 0 Å². The summed E-state index contributed by atoms with van der Waals surface area (Å²) in [7, 11) is 1.43. The summed E-state index contributed by atoms with van der Waals surface area (Å²) < 4.78 is 31.2. The van der Waals surface area contributed by atoms with Gasteiger partial charge in [-0.15, -0.1) is 0 Å². The average Bonchev–Trinajstić information content (AvgIpc) is 2.85. The Labute approximate surface area is 193 Å². The number of benzene rings is 2. The zero-order valence-electron chi connectivity index (χ0n) is 18.8. The van der Waals surface area contributed by atoms with Crippen LogP contribution < -0.4 is 15.0 Å². The van der Waals surface area contributed by atoms with Gasteiger partial charge in [-0.05, 0) is 67.9 Å². The van der Waals surface area contributed by atoms with Crippen molar-refractivity contribution in [2.45, 2.75) is 31.8 Å². The molecule has 0 aliphatic carbocycles. The zero-order valence-corrected chi connectivity index (χ0v) is 18.8. The summed E-state index contributed by atoms with van der Waals surface area (Å²) in [6.45, 7) is 3.61. The van der Waals surface area contributed by atoms with Crippen molar-refractivity contribution >= 4 is 5.69 Å². The highest BCUT2D eigenvalue weighted by atomic mass is 19.1. The van der Waals surface area contributed by atoms with E-state index in [1.165, 1.54) is 13.2 Å². The molecule has 2 aromatic carbocycles. The maximum Gasteiger partial charge on any atom is 0.185 e. The van der Waals surface area contributed by atoms with Gasteiger partial charge in [-0.25, -0.2) is 4.39 Å². The summed E-state index contributed by atoms with van der Waals surface area (Å²) in [5.41, 5.74) is 2.09. The third kappa shape index (κ3) is 5.63. The maximum atomic E-state index is 14.3. The molecule has 4 rings (SSSR count). The highest BCUT2D eigenvalue weighted by Gasteiger charge is 2.40. The van der Waals surface area contributed by atoms with Crippen LogP contribution in [-0.2, 0) is 16.0 Å². The van der Waals surface area contributed by atoms with E-state index in [1.54, 1.807) is 24.3 Å². The minimum absolute atomic E-state index is 0.0227. The molecule has 1 spiro atoms. The predicted molar refractivity (Wildman–Crippen MR) is 121 cm³/mol. The summed E-state index contributed by atoms with van der Waals surface area (Å²) in [4.78, 5) is 1.93. The minimum atomic E-state index is -0.900. The number of methoxy groups -OCH3 is 1. The number of nitrogens with zero attached hydrogens (tertiary/aromatic N) is 2. The zero-order chi connectivity index (χ0) is 23.3. The van der Waals surface area contributed by atoms with Gasteiger partial charge in [0.15, 0.2) is 17.9 Å². The Balaban J connectivity index is 1.47. The van der Waals surface area contributed by atoms with E-state index in [-0.39, 0.29) is 17.7 Å². The second-order valence-corrected chi connectivity index (χ2v) is 8.82. The van der Waals surface area contributed by atoms with Gasteiger partial charge >= 0.3 is 0 Å². The van der Waals surface area contributed by atoms with E-state index in [1.807, 2.05) is 17.0 Å². The Morgan fingerprint density at radius 2 is 1.91 bits per heavy atom. The van der Waals surface area contributed by atoms with Crippen molar-refractivity contribution in [3.8, 4) is 11.8 Å². The van der Waals surface area contributed by atoms with E-state index in [2.05, 4.69) is 11.4 Å². The van der Waals surface area contributed by atoms with Gasteiger partial charge in [-0.3, -0.25) is 0 Å². The minimum Gasteiger partial charge on any atom is -0.494 e. The van der Waals surface area contributed by atoms with Crippen LogP contribution in [0.2, 0.25) is 0 Å². The Kier molecular flexibility index (Phi) is 7.46. The third-order valence-corrected chi connectivity index (χ3v) is 6.44. The predicted octanol–water partition coefficient (Wildman–Crippen LogP) is 2.82. The summed E-state index contributed by atoms with van der Waals surface area (Å²) in [6.07, 6.45) is 0.369. The topological polar surface area (TPSA) is 87.0 Å². The standard InChI is InChI=1S/C25H30FN3O4/c1-31-23-7-4-19(12-21(23)26)14-29(20-5-2-18(13-27)3-6-20)15-22(30)24-32-16-25(17-33-24)8-10-28-11-9-25/h2-7,12,22,24,28,30H,8-11,14-17H2,1H3/t22-/m0/s1. The molecule has 2 aromatic rings. The lowest BCUT2D eigenvalue weighted by molar-refractivity contribution is -0.264. The van der Waals surface area contributed by atoms with E-state index in [0.29, 0.717) is 25.3 Å². The first-order valence-corrected chi connectivity index (χ1v) is 11.2. The number of nitrogens with one attached hydrogen (secondary N) is 1. The molecule has 0 radical (unpaired) electrons. The van der Waals surface area contributed by atoms with Crippen LogP contribution in [0.5, 0.6) is 5.75 Å². The molecule has 176 valence electrons. The van der Waals surface area contributed by atoms with Crippen molar-refractivity contribution in [1.82, 2.24) is 5.32 Å². The third-order valence-electron chi connectivity index (χ3n) is 6.44. The number of hydrogen-bond acceptors (Lipinski definition) is 7. The molecule has 2 saturated heterocycles. The first kappa shape index (κ1) is 23.5. The van der Waals surface area contributed by atoms with E-state index < -0.39 is 18.2 Å². The van der Waals surface area contributed by atoms with Gasteiger partial charge in [0.1, 0.15) is 6.10 Å². The normalized spacial score (nSPS) is 19.1. The molecule has 2 aliphatic rings. The van der Waals surface area contributed by atoms with Crippen LogP contribution in [0.1, 0.15) is 24.0 Å². The van der Waals surface area contributed by atoms with Crippen molar-refractivity contribution in [3.63, 3.8) is 0 Å². The molecule has 2 heterocycles. The van der Waals surface area contributed by atoms with Gasteiger partial charge in [-0.2, -0.15) is 5.26 Å². The highest BCUT2D eigenvalue weighted by Crippen LogP contribution is 2.34. The monoisotopic (exact) mass is 455 g/mol. The van der Waals surface area contributed by atoms with Crippen molar-refractivity contribution in [1.29, 1.82) is 5.26 Å². The number of aliphatic hydroxyl groups is 1. The lowest BCUT2D eigenvalue weighted by Gasteiger charge is -2.44.